The van der Waals surface area contributed by atoms with Crippen molar-refractivity contribution in [3.63, 3.8) is 0 Å². The number of rotatable bonds is 3. The molecule has 0 aliphatic carbocycles. The Balaban J connectivity index is 2.97. The summed E-state index contributed by atoms with van der Waals surface area (Å²) in [6, 6.07) is 1.76. The van der Waals surface area contributed by atoms with Gasteiger partial charge >= 0.3 is 8.25 Å². The molecule has 0 aromatic carbocycles. The maximum Gasteiger partial charge on any atom is 0.316 e. The Morgan fingerprint density at radius 1 is 1.88 bits per heavy atom. The van der Waals surface area contributed by atoms with E-state index in [-0.39, 0.29) is 13.0 Å². The largest absolute Gasteiger partial charge is 0.326 e. The zero-order valence-corrected chi connectivity index (χ0v) is 5.13. The molecule has 1 atom stereocenters. The Bertz CT molecular complexity index is 118. The van der Waals surface area contributed by atoms with Crippen molar-refractivity contribution < 1.29 is 14.0 Å². The van der Waals surface area contributed by atoms with Crippen LogP contribution in [0.1, 0.15) is 6.42 Å². The highest BCUT2D eigenvalue weighted by atomic mass is 31.1. The van der Waals surface area contributed by atoms with Crippen LogP contribution in [0.5, 0.6) is 0 Å². The first kappa shape index (κ1) is 7.64. The number of hydrogen-bond donors (Lipinski definition) is 1. The Hall–Kier alpha value is -0.360. The first-order chi connectivity index (χ1) is 3.77. The van der Waals surface area contributed by atoms with Crippen LogP contribution in [-0.4, -0.2) is 11.5 Å². The van der Waals surface area contributed by atoms with Gasteiger partial charge < -0.3 is 9.42 Å². The third-order valence-electron chi connectivity index (χ3n) is 0.439. The molecule has 46 valence electrons. The summed E-state index contributed by atoms with van der Waals surface area (Å²) in [5.41, 5.74) is 0. The molecule has 0 amide bonds. The minimum atomic E-state index is -2.81. The van der Waals surface area contributed by atoms with Crippen LogP contribution in [0.3, 0.4) is 0 Å². The number of nitrogens with zero attached hydrogens (tertiary/aromatic N) is 1. The van der Waals surface area contributed by atoms with Crippen LogP contribution in [0.15, 0.2) is 0 Å². The summed E-state index contributed by atoms with van der Waals surface area (Å²) in [5, 5.41) is 7.88. The van der Waals surface area contributed by atoms with Gasteiger partial charge in [0.05, 0.1) is 19.1 Å². The molecule has 0 saturated heterocycles. The minimum absolute atomic E-state index is 0.0464. The Morgan fingerprint density at radius 2 is 2.50 bits per heavy atom. The van der Waals surface area contributed by atoms with Crippen LogP contribution in [0.4, 0.5) is 0 Å². The summed E-state index contributed by atoms with van der Waals surface area (Å²) in [5.74, 6) is 0. The summed E-state index contributed by atoms with van der Waals surface area (Å²) in [6.45, 7) is 0.0464. The lowest BCUT2D eigenvalue weighted by atomic mass is 10.5. The van der Waals surface area contributed by atoms with E-state index in [9.17, 15) is 4.57 Å². The van der Waals surface area contributed by atoms with Gasteiger partial charge in [-0.05, 0) is 0 Å². The van der Waals surface area contributed by atoms with Crippen molar-refractivity contribution in [3.8, 4) is 6.07 Å². The lowest BCUT2D eigenvalue weighted by Gasteiger charge is -1.90. The Morgan fingerprint density at radius 3 is 2.88 bits per heavy atom. The van der Waals surface area contributed by atoms with Crippen molar-refractivity contribution in [1.82, 2.24) is 0 Å². The van der Waals surface area contributed by atoms with E-state index in [4.69, 9.17) is 10.2 Å². The fourth-order valence-corrected chi connectivity index (χ4v) is 0.461. The van der Waals surface area contributed by atoms with Crippen molar-refractivity contribution in [2.75, 3.05) is 6.61 Å². The van der Waals surface area contributed by atoms with Crippen LogP contribution in [0.25, 0.3) is 0 Å². The van der Waals surface area contributed by atoms with Gasteiger partial charge in [-0.25, -0.2) is 0 Å². The molecule has 0 rings (SSSR count). The predicted molar refractivity (Wildman–Crippen MR) is 27.4 cm³/mol. The fourth-order valence-electron chi connectivity index (χ4n) is 0.184. The standard InChI is InChI=1S/C3H6NO3P/c4-2-1-3-7-8(5)6/h8H,1,3H2,(H,5,6). The van der Waals surface area contributed by atoms with Gasteiger partial charge in [0, 0.05) is 0 Å². The zero-order chi connectivity index (χ0) is 6.41. The predicted octanol–water partition coefficient (Wildman–Crippen LogP) is 0.299. The molecule has 0 aromatic rings. The van der Waals surface area contributed by atoms with E-state index in [0.717, 1.165) is 0 Å². The molecular weight excluding hydrogens is 129 g/mol. The number of nitriles is 1. The van der Waals surface area contributed by atoms with Crippen LogP contribution in [0.2, 0.25) is 0 Å². The monoisotopic (exact) mass is 135 g/mol. The summed E-state index contributed by atoms with van der Waals surface area (Å²) in [7, 11) is -2.81. The van der Waals surface area contributed by atoms with E-state index < -0.39 is 8.25 Å². The third kappa shape index (κ3) is 5.64. The third-order valence-corrected chi connectivity index (χ3v) is 0.890. The van der Waals surface area contributed by atoms with Gasteiger partial charge in [0.1, 0.15) is 0 Å². The van der Waals surface area contributed by atoms with Crippen molar-refractivity contribution in [3.05, 3.63) is 0 Å². The number of hydrogen-bond acceptors (Lipinski definition) is 3. The second kappa shape index (κ2) is 4.79. The molecule has 0 heterocycles. The lowest BCUT2D eigenvalue weighted by molar-refractivity contribution is 0.288. The molecule has 0 bridgehead atoms. The smallest absolute Gasteiger partial charge is 0.316 e. The van der Waals surface area contributed by atoms with E-state index in [1.807, 2.05) is 0 Å². The second-order valence-corrected chi connectivity index (χ2v) is 1.84. The Labute approximate surface area is 47.6 Å². The molecule has 8 heavy (non-hydrogen) atoms. The highest BCUT2D eigenvalue weighted by Crippen LogP contribution is 2.13. The van der Waals surface area contributed by atoms with Gasteiger partial charge in [-0.1, -0.05) is 0 Å². The van der Waals surface area contributed by atoms with E-state index in [1.165, 1.54) is 0 Å². The first-order valence-corrected chi connectivity index (χ1v) is 3.26. The summed E-state index contributed by atoms with van der Waals surface area (Å²) in [4.78, 5) is 7.99. The molecule has 0 spiro atoms. The lowest BCUT2D eigenvalue weighted by Crippen LogP contribution is -1.81. The maximum atomic E-state index is 9.73. The van der Waals surface area contributed by atoms with Gasteiger partial charge in [0.15, 0.2) is 0 Å². The second-order valence-electron chi connectivity index (χ2n) is 1.02. The normalized spacial score (nSPS) is 12.5. The SMILES string of the molecule is N#CCCO[PH](=O)O. The Kier molecular flexibility index (Phi) is 4.58. The van der Waals surface area contributed by atoms with Crippen molar-refractivity contribution in [1.29, 1.82) is 5.26 Å². The topological polar surface area (TPSA) is 70.3 Å². The molecule has 0 aromatic heterocycles. The average Bonchev–Trinajstić information content (AvgIpc) is 1.66. The van der Waals surface area contributed by atoms with Crippen LogP contribution >= 0.6 is 8.25 Å². The molecule has 1 N–H and O–H groups in total. The summed E-state index contributed by atoms with van der Waals surface area (Å²) >= 11 is 0. The average molecular weight is 135 g/mol. The van der Waals surface area contributed by atoms with Crippen molar-refractivity contribution >= 4 is 8.25 Å². The summed E-state index contributed by atoms with van der Waals surface area (Å²) < 4.78 is 13.9. The van der Waals surface area contributed by atoms with Gasteiger partial charge in [-0.3, -0.25) is 4.57 Å². The van der Waals surface area contributed by atoms with E-state index in [1.54, 1.807) is 6.07 Å². The molecular formula is C3H6NO3P. The minimum Gasteiger partial charge on any atom is -0.326 e. The molecule has 0 aliphatic heterocycles. The zero-order valence-electron chi connectivity index (χ0n) is 4.13. The van der Waals surface area contributed by atoms with Gasteiger partial charge in [-0.2, -0.15) is 5.26 Å². The van der Waals surface area contributed by atoms with E-state index >= 15 is 0 Å². The molecule has 0 radical (unpaired) electrons. The fraction of sp³-hybridized carbons (Fsp3) is 0.667. The highest BCUT2D eigenvalue weighted by molar-refractivity contribution is 7.32. The maximum absolute atomic E-state index is 9.73. The molecule has 0 aliphatic rings. The summed E-state index contributed by atoms with van der Waals surface area (Å²) in [6.07, 6.45) is 0.164. The highest BCUT2D eigenvalue weighted by Gasteiger charge is 1.88. The van der Waals surface area contributed by atoms with Gasteiger partial charge in [0.2, 0.25) is 0 Å². The van der Waals surface area contributed by atoms with Crippen LogP contribution in [0, 0.1) is 11.3 Å². The molecule has 1 unspecified atom stereocenters. The van der Waals surface area contributed by atoms with Gasteiger partial charge in [0.25, 0.3) is 0 Å². The quantitative estimate of drug-likeness (QED) is 0.446. The van der Waals surface area contributed by atoms with Gasteiger partial charge in [-0.15, -0.1) is 0 Å². The first-order valence-electron chi connectivity index (χ1n) is 2.00. The van der Waals surface area contributed by atoms with Crippen LogP contribution < -0.4 is 0 Å². The molecule has 0 saturated carbocycles. The van der Waals surface area contributed by atoms with E-state index in [2.05, 4.69) is 4.52 Å². The van der Waals surface area contributed by atoms with Crippen molar-refractivity contribution in [2.24, 2.45) is 0 Å². The van der Waals surface area contributed by atoms with Crippen molar-refractivity contribution in [2.45, 2.75) is 6.42 Å². The van der Waals surface area contributed by atoms with Crippen LogP contribution in [-0.2, 0) is 9.09 Å². The molecule has 0 fully saturated rings. The van der Waals surface area contributed by atoms with E-state index in [0.29, 0.717) is 0 Å². The molecule has 4 nitrogen and oxygen atoms in total. The molecule has 5 heteroatoms.